The number of carbonyl (C=O) groups excluding carboxylic acids is 1. The first kappa shape index (κ1) is 24.1. The molecule has 0 radical (unpaired) electrons. The van der Waals surface area contributed by atoms with Gasteiger partial charge >= 0.3 is 0 Å². The highest BCUT2D eigenvalue weighted by Gasteiger charge is 2.57. The normalized spacial score (nSPS) is 29.0. The number of likely N-dealkylation sites (tertiary alicyclic amines) is 1. The van der Waals surface area contributed by atoms with Crippen molar-refractivity contribution in [3.05, 3.63) is 35.9 Å². The summed E-state index contributed by atoms with van der Waals surface area (Å²) in [6.45, 7) is 1.67. The Kier molecular flexibility index (Phi) is 6.33. The Balaban J connectivity index is 1.37. The number of hydrogen-bond acceptors (Lipinski definition) is 5. The number of rotatable bonds is 8. The molecule has 182 valence electrons. The van der Waals surface area contributed by atoms with Crippen LogP contribution in [0, 0.1) is 10.8 Å². The Morgan fingerprint density at radius 3 is 2.15 bits per heavy atom. The van der Waals surface area contributed by atoms with Gasteiger partial charge in [-0.15, -0.1) is 0 Å². The molecule has 9 heteroatoms. The molecule has 0 atom stereocenters. The molecule has 1 saturated heterocycles. The van der Waals surface area contributed by atoms with Crippen molar-refractivity contribution in [2.75, 3.05) is 32.0 Å². The van der Waals surface area contributed by atoms with Crippen LogP contribution in [-0.4, -0.2) is 57.1 Å². The second kappa shape index (κ2) is 8.65. The minimum Gasteiger partial charge on any atom is -0.489 e. The average Bonchev–Trinajstić information content (AvgIpc) is 2.78. The number of nitrogens with two attached hydrogens (primary N) is 1. The lowest BCUT2D eigenvalue weighted by Crippen LogP contribution is -2.63. The molecule has 0 spiro atoms. The van der Waals surface area contributed by atoms with E-state index in [1.807, 2.05) is 13.0 Å². The third-order valence-corrected chi connectivity index (χ3v) is 9.74. The van der Waals surface area contributed by atoms with Gasteiger partial charge in [-0.2, -0.15) is 0 Å². The first-order valence-corrected chi connectivity index (χ1v) is 13.1. The smallest absolute Gasteiger partial charge is 0.282 e. The van der Waals surface area contributed by atoms with Crippen molar-refractivity contribution < 1.29 is 26.7 Å². The largest absolute Gasteiger partial charge is 0.489 e. The predicted octanol–water partition coefficient (Wildman–Crippen LogP) is 3.56. The van der Waals surface area contributed by atoms with Crippen LogP contribution in [-0.2, 0) is 14.6 Å². The van der Waals surface area contributed by atoms with E-state index in [0.29, 0.717) is 57.4 Å². The molecule has 3 saturated carbocycles. The van der Waals surface area contributed by atoms with Crippen molar-refractivity contribution in [3.63, 3.8) is 0 Å². The monoisotopic (exact) mass is 482 g/mol. The van der Waals surface area contributed by atoms with E-state index in [2.05, 4.69) is 0 Å². The van der Waals surface area contributed by atoms with Crippen molar-refractivity contribution in [2.45, 2.75) is 56.3 Å². The SMILES string of the molecule is C/C=C(\CN)COc1ccc(S(=O)(=O)CC23CCC(C(=O)N4CC(F)(F)C4)(CC2)CC3)cc1. The fraction of sp³-hybridized carbons (Fsp3) is 0.625. The van der Waals surface area contributed by atoms with E-state index < -0.39 is 34.3 Å². The van der Waals surface area contributed by atoms with Crippen LogP contribution in [0.1, 0.15) is 45.4 Å². The number of alkyl halides is 2. The van der Waals surface area contributed by atoms with Gasteiger partial charge in [0.05, 0.1) is 23.7 Å². The lowest BCUT2D eigenvalue weighted by atomic mass is 9.54. The van der Waals surface area contributed by atoms with Crippen LogP contribution in [0.15, 0.2) is 40.8 Å². The molecule has 5 rings (SSSR count). The maximum absolute atomic E-state index is 13.2. The van der Waals surface area contributed by atoms with Gasteiger partial charge in [0.25, 0.3) is 5.92 Å². The van der Waals surface area contributed by atoms with E-state index in [1.54, 1.807) is 24.3 Å². The quantitative estimate of drug-likeness (QED) is 0.573. The number of fused-ring (bicyclic) bond motifs is 3. The standard InChI is InChI=1S/C24H32F2N2O4S/c1-2-18(13-27)14-32-19-3-5-20(6-4-19)33(30,31)17-22-7-10-23(11-8-22,12-9-22)21(29)28-15-24(25,26)16-28/h2-6H,7-17,27H2,1H3/b18-2+. The molecular formula is C24H32F2N2O4S. The van der Waals surface area contributed by atoms with Crippen LogP contribution in [0.3, 0.4) is 0 Å². The predicted molar refractivity (Wildman–Crippen MR) is 121 cm³/mol. The summed E-state index contributed by atoms with van der Waals surface area (Å²) in [5.74, 6) is -2.32. The number of sulfone groups is 1. The van der Waals surface area contributed by atoms with Gasteiger partial charge in [0.2, 0.25) is 5.91 Å². The van der Waals surface area contributed by atoms with Crippen molar-refractivity contribution in [3.8, 4) is 5.75 Å². The van der Waals surface area contributed by atoms with Crippen LogP contribution < -0.4 is 10.5 Å². The van der Waals surface area contributed by atoms with Crippen molar-refractivity contribution in [1.82, 2.24) is 4.90 Å². The maximum Gasteiger partial charge on any atom is 0.282 e. The third-order valence-electron chi connectivity index (χ3n) is 7.76. The maximum atomic E-state index is 13.2. The van der Waals surface area contributed by atoms with Gasteiger partial charge in [-0.25, -0.2) is 17.2 Å². The first-order valence-electron chi connectivity index (χ1n) is 11.5. The van der Waals surface area contributed by atoms with E-state index in [1.165, 1.54) is 4.90 Å². The van der Waals surface area contributed by atoms with Crippen molar-refractivity contribution >= 4 is 15.7 Å². The molecule has 4 fully saturated rings. The second-order valence-corrected chi connectivity index (χ2v) is 12.0. The number of benzene rings is 1. The van der Waals surface area contributed by atoms with E-state index >= 15 is 0 Å². The molecule has 4 aliphatic rings. The van der Waals surface area contributed by atoms with E-state index in [-0.39, 0.29) is 22.0 Å². The summed E-state index contributed by atoms with van der Waals surface area (Å²) in [5, 5.41) is 0. The number of allylic oxidation sites excluding steroid dienone is 1. The second-order valence-electron chi connectivity index (χ2n) is 9.97. The first-order chi connectivity index (χ1) is 15.5. The highest BCUT2D eigenvalue weighted by molar-refractivity contribution is 7.91. The van der Waals surface area contributed by atoms with E-state index in [9.17, 15) is 22.0 Å². The zero-order valence-electron chi connectivity index (χ0n) is 19.0. The molecule has 0 aromatic heterocycles. The molecule has 0 unspecified atom stereocenters. The molecule has 3 aliphatic carbocycles. The van der Waals surface area contributed by atoms with Gasteiger partial charge in [-0.1, -0.05) is 6.08 Å². The fourth-order valence-electron chi connectivity index (χ4n) is 5.46. The van der Waals surface area contributed by atoms with Crippen LogP contribution in [0.4, 0.5) is 8.78 Å². The lowest BCUT2D eigenvalue weighted by Gasteiger charge is -2.55. The van der Waals surface area contributed by atoms with Crippen molar-refractivity contribution in [1.29, 1.82) is 0 Å². The van der Waals surface area contributed by atoms with Crippen molar-refractivity contribution in [2.24, 2.45) is 16.6 Å². The number of nitrogens with zero attached hydrogens (tertiary/aromatic N) is 1. The molecule has 33 heavy (non-hydrogen) atoms. The summed E-state index contributed by atoms with van der Waals surface area (Å²) in [7, 11) is -3.51. The Hall–Kier alpha value is -2.00. The molecule has 1 aliphatic heterocycles. The molecule has 1 amide bonds. The number of carbonyl (C=O) groups is 1. The minimum atomic E-state index is -3.51. The van der Waals surface area contributed by atoms with E-state index in [0.717, 1.165) is 5.57 Å². The minimum absolute atomic E-state index is 0.0438. The third kappa shape index (κ3) is 4.80. The van der Waals surface area contributed by atoms with E-state index in [4.69, 9.17) is 10.5 Å². The highest BCUT2D eigenvalue weighted by Crippen LogP contribution is 2.58. The number of hydrogen-bond donors (Lipinski definition) is 1. The van der Waals surface area contributed by atoms with Crippen LogP contribution in [0.2, 0.25) is 0 Å². The van der Waals surface area contributed by atoms with Gasteiger partial charge in [-0.3, -0.25) is 4.79 Å². The van der Waals surface area contributed by atoms with Crippen LogP contribution in [0.5, 0.6) is 5.75 Å². The molecule has 2 N–H and O–H groups in total. The Bertz CT molecular complexity index is 1000. The average molecular weight is 483 g/mol. The fourth-order valence-corrected chi connectivity index (χ4v) is 7.41. The summed E-state index contributed by atoms with van der Waals surface area (Å²) in [6.07, 6.45) is 5.52. The van der Waals surface area contributed by atoms with Gasteiger partial charge in [0.15, 0.2) is 9.84 Å². The summed E-state index contributed by atoms with van der Waals surface area (Å²) in [6, 6.07) is 6.45. The Labute approximate surface area is 194 Å². The summed E-state index contributed by atoms with van der Waals surface area (Å²) < 4.78 is 58.5. The molecule has 1 heterocycles. The Morgan fingerprint density at radius 2 is 1.67 bits per heavy atom. The van der Waals surface area contributed by atoms with Gasteiger partial charge in [0, 0.05) is 12.0 Å². The molecular weight excluding hydrogens is 450 g/mol. The zero-order chi connectivity index (χ0) is 23.9. The van der Waals surface area contributed by atoms with Crippen LogP contribution >= 0.6 is 0 Å². The summed E-state index contributed by atoms with van der Waals surface area (Å²) >= 11 is 0. The summed E-state index contributed by atoms with van der Waals surface area (Å²) in [4.78, 5) is 14.4. The van der Waals surface area contributed by atoms with Gasteiger partial charge < -0.3 is 15.4 Å². The van der Waals surface area contributed by atoms with Gasteiger partial charge in [0.1, 0.15) is 12.4 Å². The number of ether oxygens (including phenoxy) is 1. The van der Waals surface area contributed by atoms with Gasteiger partial charge in [-0.05, 0) is 80.7 Å². The molecule has 1 aromatic carbocycles. The summed E-state index contributed by atoms with van der Waals surface area (Å²) in [5.41, 5.74) is 5.65. The molecule has 2 bridgehead atoms. The number of halogens is 2. The van der Waals surface area contributed by atoms with Crippen LogP contribution in [0.25, 0.3) is 0 Å². The lowest BCUT2D eigenvalue weighted by molar-refractivity contribution is -0.182. The highest BCUT2D eigenvalue weighted by atomic mass is 32.2. The number of amides is 1. The zero-order valence-corrected chi connectivity index (χ0v) is 19.8. The molecule has 6 nitrogen and oxygen atoms in total. The Morgan fingerprint density at radius 1 is 1.09 bits per heavy atom. The topological polar surface area (TPSA) is 89.7 Å². The molecule has 1 aromatic rings.